The predicted molar refractivity (Wildman–Crippen MR) is 111 cm³/mol. The smallest absolute Gasteiger partial charge is 0.255 e. The highest BCUT2D eigenvalue weighted by atomic mass is 16.3. The van der Waals surface area contributed by atoms with Crippen molar-refractivity contribution in [2.45, 2.75) is 83.8 Å². The van der Waals surface area contributed by atoms with E-state index in [9.17, 15) is 9.90 Å². The van der Waals surface area contributed by atoms with Gasteiger partial charge >= 0.3 is 0 Å². The Bertz CT molecular complexity index is 851. The van der Waals surface area contributed by atoms with Crippen LogP contribution >= 0.6 is 0 Å². The molecule has 1 aliphatic heterocycles. The van der Waals surface area contributed by atoms with Crippen molar-refractivity contribution >= 4 is 16.9 Å². The number of amides is 1. The number of aromatic hydroxyl groups is 1. The number of hydrogen-bond donors (Lipinski definition) is 2. The van der Waals surface area contributed by atoms with Gasteiger partial charge in [-0.2, -0.15) is 0 Å². The lowest BCUT2D eigenvalue weighted by molar-refractivity contribution is 0.0937. The summed E-state index contributed by atoms with van der Waals surface area (Å²) in [7, 11) is 0. The number of hydrogen-bond acceptors (Lipinski definition) is 4. The Morgan fingerprint density at radius 2 is 1.96 bits per heavy atom. The van der Waals surface area contributed by atoms with Crippen LogP contribution in [0, 0.1) is 6.92 Å². The van der Waals surface area contributed by atoms with Gasteiger partial charge in [-0.3, -0.25) is 9.69 Å². The molecule has 1 aromatic heterocycles. The van der Waals surface area contributed by atoms with Crippen molar-refractivity contribution in [2.75, 3.05) is 6.54 Å². The average molecular weight is 385 g/mol. The second-order valence-electron chi connectivity index (χ2n) is 8.45. The number of rotatable bonds is 5. The van der Waals surface area contributed by atoms with Crippen molar-refractivity contribution in [3.8, 4) is 5.75 Å². The number of benzene rings is 1. The van der Waals surface area contributed by atoms with Crippen molar-refractivity contribution in [2.24, 2.45) is 0 Å². The first-order chi connectivity index (χ1) is 13.6. The standard InChI is InChI=1S/C23H32N2O3/c1-3-17-10-6-7-13-25(17)14-18-19(26)11-12-20-22(18)21(15(2)28-20)23(27)24-16-8-4-5-9-16/h11-12,16-17,26H,3-10,13-14H2,1-2H3,(H,24,27). The van der Waals surface area contributed by atoms with E-state index in [4.69, 9.17) is 4.42 Å². The van der Waals surface area contributed by atoms with Gasteiger partial charge in [0.1, 0.15) is 17.1 Å². The van der Waals surface area contributed by atoms with Gasteiger partial charge in [0.25, 0.3) is 5.91 Å². The maximum Gasteiger partial charge on any atom is 0.255 e. The molecular weight excluding hydrogens is 352 g/mol. The second-order valence-corrected chi connectivity index (χ2v) is 8.45. The molecule has 4 rings (SSSR count). The molecule has 1 amide bonds. The van der Waals surface area contributed by atoms with Gasteiger partial charge in [-0.05, 0) is 57.7 Å². The summed E-state index contributed by atoms with van der Waals surface area (Å²) in [6, 6.07) is 4.27. The normalized spacial score (nSPS) is 21.4. The topological polar surface area (TPSA) is 65.7 Å². The summed E-state index contributed by atoms with van der Waals surface area (Å²) in [5.74, 6) is 0.812. The summed E-state index contributed by atoms with van der Waals surface area (Å²) in [4.78, 5) is 15.6. The van der Waals surface area contributed by atoms with Crippen LogP contribution in [-0.4, -0.2) is 34.5 Å². The van der Waals surface area contributed by atoms with E-state index < -0.39 is 0 Å². The predicted octanol–water partition coefficient (Wildman–Crippen LogP) is 4.88. The molecule has 0 radical (unpaired) electrons. The van der Waals surface area contributed by atoms with E-state index in [2.05, 4.69) is 17.1 Å². The minimum Gasteiger partial charge on any atom is -0.508 e. The number of fused-ring (bicyclic) bond motifs is 1. The fourth-order valence-corrected chi connectivity index (χ4v) is 5.06. The van der Waals surface area contributed by atoms with Gasteiger partial charge in [-0.15, -0.1) is 0 Å². The molecule has 152 valence electrons. The molecule has 2 heterocycles. The molecule has 1 unspecified atom stereocenters. The van der Waals surface area contributed by atoms with E-state index in [0.717, 1.165) is 36.8 Å². The summed E-state index contributed by atoms with van der Waals surface area (Å²) in [5, 5.41) is 14.7. The largest absolute Gasteiger partial charge is 0.508 e. The summed E-state index contributed by atoms with van der Waals surface area (Å²) in [6.45, 7) is 5.77. The third-order valence-corrected chi connectivity index (χ3v) is 6.61. The molecule has 0 bridgehead atoms. The molecule has 1 atom stereocenters. The van der Waals surface area contributed by atoms with Gasteiger partial charge in [-0.25, -0.2) is 0 Å². The molecule has 1 aliphatic carbocycles. The van der Waals surface area contributed by atoms with Crippen molar-refractivity contribution in [3.05, 3.63) is 29.0 Å². The number of furan rings is 1. The summed E-state index contributed by atoms with van der Waals surface area (Å²) in [6.07, 6.45) is 9.21. The molecule has 28 heavy (non-hydrogen) atoms. The summed E-state index contributed by atoms with van der Waals surface area (Å²) >= 11 is 0. The number of nitrogens with zero attached hydrogens (tertiary/aromatic N) is 1. The third-order valence-electron chi connectivity index (χ3n) is 6.61. The Labute approximate surface area is 167 Å². The number of nitrogens with one attached hydrogen (secondary N) is 1. The third kappa shape index (κ3) is 3.64. The van der Waals surface area contributed by atoms with Gasteiger partial charge in [-0.1, -0.05) is 26.2 Å². The summed E-state index contributed by atoms with van der Waals surface area (Å²) < 4.78 is 5.93. The second kappa shape index (κ2) is 8.16. The Morgan fingerprint density at radius 1 is 1.21 bits per heavy atom. The Morgan fingerprint density at radius 3 is 2.71 bits per heavy atom. The number of piperidine rings is 1. The lowest BCUT2D eigenvalue weighted by atomic mass is 9.97. The number of aryl methyl sites for hydroxylation is 1. The zero-order valence-corrected chi connectivity index (χ0v) is 17.1. The number of likely N-dealkylation sites (tertiary alicyclic amines) is 1. The zero-order valence-electron chi connectivity index (χ0n) is 17.1. The fraction of sp³-hybridized carbons (Fsp3) is 0.609. The van der Waals surface area contributed by atoms with Crippen LogP contribution in [0.5, 0.6) is 5.75 Å². The maximum absolute atomic E-state index is 13.1. The highest BCUT2D eigenvalue weighted by molar-refractivity contribution is 6.09. The van der Waals surface area contributed by atoms with Crippen molar-refractivity contribution in [3.63, 3.8) is 0 Å². The molecule has 2 N–H and O–H groups in total. The number of carbonyl (C=O) groups is 1. The Hall–Kier alpha value is -2.01. The molecular formula is C23H32N2O3. The molecule has 0 spiro atoms. The lowest BCUT2D eigenvalue weighted by Crippen LogP contribution is -2.38. The van der Waals surface area contributed by atoms with Crippen molar-refractivity contribution in [1.29, 1.82) is 0 Å². The van der Waals surface area contributed by atoms with Crippen LogP contribution in [0.1, 0.15) is 80.0 Å². The van der Waals surface area contributed by atoms with Crippen LogP contribution < -0.4 is 5.32 Å². The fourth-order valence-electron chi connectivity index (χ4n) is 5.06. The van der Waals surface area contributed by atoms with Gasteiger partial charge in [0.05, 0.1) is 5.56 Å². The van der Waals surface area contributed by atoms with E-state index in [-0.39, 0.29) is 17.7 Å². The minimum atomic E-state index is -0.0688. The van der Waals surface area contributed by atoms with Crippen LogP contribution in [0.4, 0.5) is 0 Å². The molecule has 1 saturated heterocycles. The van der Waals surface area contributed by atoms with E-state index in [0.29, 0.717) is 29.5 Å². The van der Waals surface area contributed by atoms with Gasteiger partial charge in [0, 0.05) is 29.6 Å². The average Bonchev–Trinajstić information content (AvgIpc) is 3.31. The molecule has 1 saturated carbocycles. The molecule has 5 heteroatoms. The number of phenols is 1. The van der Waals surface area contributed by atoms with Crippen LogP contribution in [0.2, 0.25) is 0 Å². The first-order valence-corrected chi connectivity index (χ1v) is 10.9. The van der Waals surface area contributed by atoms with Gasteiger partial charge < -0.3 is 14.8 Å². The van der Waals surface area contributed by atoms with E-state index in [1.54, 1.807) is 12.1 Å². The highest BCUT2D eigenvalue weighted by Gasteiger charge is 2.28. The van der Waals surface area contributed by atoms with E-state index in [1.165, 1.54) is 32.1 Å². The SMILES string of the molecule is CCC1CCCCN1Cc1c(O)ccc2oc(C)c(C(=O)NC3CCCC3)c12. The van der Waals surface area contributed by atoms with Gasteiger partial charge in [0.15, 0.2) is 0 Å². The van der Waals surface area contributed by atoms with Crippen LogP contribution in [0.15, 0.2) is 16.5 Å². The van der Waals surface area contributed by atoms with Crippen molar-refractivity contribution in [1.82, 2.24) is 10.2 Å². The Kier molecular flexibility index (Phi) is 5.63. The quantitative estimate of drug-likeness (QED) is 0.771. The van der Waals surface area contributed by atoms with Gasteiger partial charge in [0.2, 0.25) is 0 Å². The molecule has 2 aromatic rings. The molecule has 5 nitrogen and oxygen atoms in total. The van der Waals surface area contributed by atoms with Crippen LogP contribution in [0.25, 0.3) is 11.0 Å². The number of carbonyl (C=O) groups excluding carboxylic acids is 1. The van der Waals surface area contributed by atoms with E-state index in [1.807, 2.05) is 6.92 Å². The number of phenolic OH excluding ortho intramolecular Hbond substituents is 1. The van der Waals surface area contributed by atoms with Crippen molar-refractivity contribution < 1.29 is 14.3 Å². The zero-order chi connectivity index (χ0) is 19.7. The first-order valence-electron chi connectivity index (χ1n) is 10.9. The maximum atomic E-state index is 13.1. The van der Waals surface area contributed by atoms with E-state index >= 15 is 0 Å². The first kappa shape index (κ1) is 19.3. The Balaban J connectivity index is 1.71. The molecule has 2 aliphatic rings. The van der Waals surface area contributed by atoms with Crippen LogP contribution in [-0.2, 0) is 6.54 Å². The monoisotopic (exact) mass is 384 g/mol. The van der Waals surface area contributed by atoms with Crippen LogP contribution in [0.3, 0.4) is 0 Å². The highest BCUT2D eigenvalue weighted by Crippen LogP contribution is 2.36. The molecule has 2 fully saturated rings. The lowest BCUT2D eigenvalue weighted by Gasteiger charge is -2.35. The minimum absolute atomic E-state index is 0.0688. The summed E-state index contributed by atoms with van der Waals surface area (Å²) in [5.41, 5.74) is 2.11. The molecule has 1 aromatic carbocycles.